The first-order chi connectivity index (χ1) is 16.3. The highest BCUT2D eigenvalue weighted by atomic mass is 32.2. The molecule has 2 aromatic heterocycles. The fraction of sp³-hybridized carbons (Fsp3) is 0.250. The number of carbonyl (C=O) groups excluding carboxylic acids is 1. The molecule has 1 amide bonds. The van der Waals surface area contributed by atoms with E-state index in [2.05, 4.69) is 17.2 Å². The average Bonchev–Trinajstić information content (AvgIpc) is 3.43. The van der Waals surface area contributed by atoms with Gasteiger partial charge in [0.25, 0.3) is 5.91 Å². The lowest BCUT2D eigenvalue weighted by Gasteiger charge is -2.29. The Kier molecular flexibility index (Phi) is 5.97. The van der Waals surface area contributed by atoms with Crippen LogP contribution in [0, 0.1) is 11.7 Å². The van der Waals surface area contributed by atoms with Crippen LogP contribution in [0.25, 0.3) is 16.2 Å². The van der Waals surface area contributed by atoms with Gasteiger partial charge in [-0.05, 0) is 67.3 Å². The third-order valence-corrected chi connectivity index (χ3v) is 8.78. The molecule has 0 bridgehead atoms. The van der Waals surface area contributed by atoms with Gasteiger partial charge in [0.05, 0.1) is 4.90 Å². The molecule has 176 valence electrons. The number of aromatic nitrogens is 2. The van der Waals surface area contributed by atoms with Crippen molar-refractivity contribution in [3.63, 3.8) is 0 Å². The fourth-order valence-corrected chi connectivity index (χ4v) is 6.23. The van der Waals surface area contributed by atoms with Gasteiger partial charge >= 0.3 is 0 Å². The molecular formula is C24H23FN4O3S2. The van der Waals surface area contributed by atoms with Crippen molar-refractivity contribution in [2.45, 2.75) is 24.7 Å². The number of nitrogens with one attached hydrogen (secondary N) is 1. The summed E-state index contributed by atoms with van der Waals surface area (Å²) in [5.41, 5.74) is 1.52. The molecule has 4 aromatic rings. The maximum atomic E-state index is 13.4. The summed E-state index contributed by atoms with van der Waals surface area (Å²) in [6.07, 6.45) is 3.49. The number of hydrogen-bond acceptors (Lipinski definition) is 5. The molecule has 0 saturated carbocycles. The molecule has 1 aliphatic rings. The number of carbonyl (C=O) groups is 1. The minimum absolute atomic E-state index is 0.176. The van der Waals surface area contributed by atoms with E-state index in [1.165, 1.54) is 52.0 Å². The largest absolute Gasteiger partial charge is 0.306 e. The van der Waals surface area contributed by atoms with E-state index in [1.54, 1.807) is 22.7 Å². The second-order valence-electron chi connectivity index (χ2n) is 8.44. The van der Waals surface area contributed by atoms with Gasteiger partial charge in [-0.3, -0.25) is 9.20 Å². The Hall–Kier alpha value is -3.08. The number of benzene rings is 2. The lowest BCUT2D eigenvalue weighted by molar-refractivity contribution is 0.102. The summed E-state index contributed by atoms with van der Waals surface area (Å²) in [4.78, 5) is 18.5. The molecule has 1 aliphatic heterocycles. The standard InChI is InChI=1S/C24H23FN4O3S2/c1-16-10-12-28(13-11-16)34(31,32)20-8-4-18(5-9-20)23(30)27-22-21(17-2-6-19(25)7-3-17)26-24-29(22)14-15-33-24/h2-9,14-16H,10-13H2,1H3,(H,27,30). The van der Waals surface area contributed by atoms with Crippen LogP contribution < -0.4 is 5.32 Å². The first-order valence-corrected chi connectivity index (χ1v) is 13.3. The van der Waals surface area contributed by atoms with Crippen molar-refractivity contribution in [2.24, 2.45) is 5.92 Å². The molecule has 0 atom stereocenters. The SMILES string of the molecule is CC1CCN(S(=O)(=O)c2ccc(C(=O)Nc3c(-c4ccc(F)cc4)nc4sccn34)cc2)CC1. The van der Waals surface area contributed by atoms with Crippen molar-refractivity contribution < 1.29 is 17.6 Å². The molecule has 0 unspecified atom stereocenters. The quantitative estimate of drug-likeness (QED) is 0.425. The molecule has 10 heteroatoms. The zero-order valence-electron chi connectivity index (χ0n) is 18.4. The number of fused-ring (bicyclic) bond motifs is 1. The normalized spacial score (nSPS) is 15.6. The number of thiazole rings is 1. The van der Waals surface area contributed by atoms with Crippen LogP contribution in [0.3, 0.4) is 0 Å². The number of amides is 1. The van der Waals surface area contributed by atoms with E-state index < -0.39 is 15.9 Å². The maximum absolute atomic E-state index is 13.4. The Morgan fingerprint density at radius 2 is 1.76 bits per heavy atom. The Morgan fingerprint density at radius 3 is 2.44 bits per heavy atom. The van der Waals surface area contributed by atoms with Gasteiger partial charge in [0.15, 0.2) is 4.96 Å². The molecule has 3 heterocycles. The monoisotopic (exact) mass is 498 g/mol. The molecule has 0 spiro atoms. The van der Waals surface area contributed by atoms with Crippen LogP contribution in [0.2, 0.25) is 0 Å². The number of anilines is 1. The number of piperidine rings is 1. The van der Waals surface area contributed by atoms with E-state index in [-0.39, 0.29) is 10.7 Å². The number of sulfonamides is 1. The summed E-state index contributed by atoms with van der Waals surface area (Å²) < 4.78 is 42.6. The summed E-state index contributed by atoms with van der Waals surface area (Å²) in [6.45, 7) is 3.15. The van der Waals surface area contributed by atoms with Crippen molar-refractivity contribution in [1.29, 1.82) is 0 Å². The first kappa shape index (κ1) is 22.7. The van der Waals surface area contributed by atoms with E-state index in [0.717, 1.165) is 12.8 Å². The second-order valence-corrected chi connectivity index (χ2v) is 11.2. The lowest BCUT2D eigenvalue weighted by Crippen LogP contribution is -2.37. The van der Waals surface area contributed by atoms with Gasteiger partial charge in [-0.1, -0.05) is 6.92 Å². The Labute approximate surface area is 200 Å². The smallest absolute Gasteiger partial charge is 0.256 e. The first-order valence-electron chi connectivity index (χ1n) is 11.0. The van der Waals surface area contributed by atoms with Crippen molar-refractivity contribution in [2.75, 3.05) is 18.4 Å². The highest BCUT2D eigenvalue weighted by Crippen LogP contribution is 2.31. The van der Waals surface area contributed by atoms with Gasteiger partial charge in [-0.25, -0.2) is 17.8 Å². The summed E-state index contributed by atoms with van der Waals surface area (Å²) in [6, 6.07) is 11.9. The van der Waals surface area contributed by atoms with Crippen molar-refractivity contribution >= 4 is 38.0 Å². The molecule has 5 rings (SSSR count). The Morgan fingerprint density at radius 1 is 1.09 bits per heavy atom. The van der Waals surface area contributed by atoms with Crippen LogP contribution in [-0.4, -0.2) is 41.1 Å². The molecule has 0 aliphatic carbocycles. The number of imidazole rings is 1. The topological polar surface area (TPSA) is 83.8 Å². The van der Waals surface area contributed by atoms with E-state index >= 15 is 0 Å². The third-order valence-electron chi connectivity index (χ3n) is 6.11. The predicted octanol–water partition coefficient (Wildman–Crippen LogP) is 4.87. The van der Waals surface area contributed by atoms with Crippen LogP contribution in [0.4, 0.5) is 10.2 Å². The van der Waals surface area contributed by atoms with Gasteiger partial charge in [0, 0.05) is 35.8 Å². The molecule has 2 aromatic carbocycles. The second kappa shape index (κ2) is 8.94. The van der Waals surface area contributed by atoms with Crippen LogP contribution in [0.1, 0.15) is 30.1 Å². The van der Waals surface area contributed by atoms with Crippen LogP contribution in [0.5, 0.6) is 0 Å². The molecule has 34 heavy (non-hydrogen) atoms. The highest BCUT2D eigenvalue weighted by molar-refractivity contribution is 7.89. The highest BCUT2D eigenvalue weighted by Gasteiger charge is 2.28. The molecule has 1 saturated heterocycles. The summed E-state index contributed by atoms with van der Waals surface area (Å²) in [7, 11) is -3.59. The number of halogens is 1. The molecule has 1 N–H and O–H groups in total. The Bertz CT molecular complexity index is 1440. The minimum Gasteiger partial charge on any atom is -0.306 e. The summed E-state index contributed by atoms with van der Waals surface area (Å²) in [5.74, 6) is 0.235. The zero-order valence-corrected chi connectivity index (χ0v) is 20.1. The van der Waals surface area contributed by atoms with Crippen molar-refractivity contribution in [3.05, 3.63) is 71.5 Å². The van der Waals surface area contributed by atoms with Gasteiger partial charge in [0.1, 0.15) is 17.3 Å². The average molecular weight is 499 g/mol. The zero-order chi connectivity index (χ0) is 23.9. The third kappa shape index (κ3) is 4.24. The van der Waals surface area contributed by atoms with Gasteiger partial charge in [0.2, 0.25) is 10.0 Å². The minimum atomic E-state index is -3.59. The molecular weight excluding hydrogens is 475 g/mol. The summed E-state index contributed by atoms with van der Waals surface area (Å²) in [5, 5.41) is 4.74. The van der Waals surface area contributed by atoms with Crippen LogP contribution in [0.15, 0.2) is 65.0 Å². The number of nitrogens with zero attached hydrogens (tertiary/aromatic N) is 3. The predicted molar refractivity (Wildman–Crippen MR) is 130 cm³/mol. The van der Waals surface area contributed by atoms with Gasteiger partial charge < -0.3 is 5.32 Å². The van der Waals surface area contributed by atoms with Crippen molar-refractivity contribution in [3.8, 4) is 11.3 Å². The van der Waals surface area contributed by atoms with Crippen LogP contribution in [-0.2, 0) is 10.0 Å². The van der Waals surface area contributed by atoms with Gasteiger partial charge in [-0.15, -0.1) is 11.3 Å². The van der Waals surface area contributed by atoms with E-state index in [1.807, 2.05) is 5.38 Å². The van der Waals surface area contributed by atoms with Crippen molar-refractivity contribution in [1.82, 2.24) is 13.7 Å². The van der Waals surface area contributed by atoms with E-state index in [4.69, 9.17) is 0 Å². The molecule has 1 fully saturated rings. The van der Waals surface area contributed by atoms with Crippen LogP contribution >= 0.6 is 11.3 Å². The molecule has 7 nitrogen and oxygen atoms in total. The van der Waals surface area contributed by atoms with Gasteiger partial charge in [-0.2, -0.15) is 4.31 Å². The number of hydrogen-bond donors (Lipinski definition) is 1. The summed E-state index contributed by atoms with van der Waals surface area (Å²) >= 11 is 1.42. The lowest BCUT2D eigenvalue weighted by atomic mass is 10.0. The maximum Gasteiger partial charge on any atom is 0.256 e. The van der Waals surface area contributed by atoms with E-state index in [9.17, 15) is 17.6 Å². The van der Waals surface area contributed by atoms with E-state index in [0.29, 0.717) is 46.6 Å². The number of rotatable bonds is 5. The fourth-order valence-electron chi connectivity index (χ4n) is 4.05. The Balaban J connectivity index is 1.40. The molecule has 0 radical (unpaired) electrons.